The Labute approximate surface area is 129 Å². The summed E-state index contributed by atoms with van der Waals surface area (Å²) in [6.07, 6.45) is 5.11. The summed E-state index contributed by atoms with van der Waals surface area (Å²) in [5, 5.41) is 3.19. The number of piperidine rings is 1. The van der Waals surface area contributed by atoms with Crippen LogP contribution in [0.5, 0.6) is 0 Å². The standard InChI is InChI=1S/C16H23BrN2O/c1-18-10-9-15-4-2-3-11-19(15)16(20)12-13-5-7-14(17)8-6-13/h5-8,15,18H,2-4,9-12H2,1H3. The van der Waals surface area contributed by atoms with Crippen molar-refractivity contribution in [3.63, 3.8) is 0 Å². The van der Waals surface area contributed by atoms with E-state index in [1.807, 2.05) is 31.3 Å². The average Bonchev–Trinajstić information content (AvgIpc) is 2.47. The van der Waals surface area contributed by atoms with Gasteiger partial charge < -0.3 is 10.2 Å². The zero-order chi connectivity index (χ0) is 14.4. The second-order valence-corrected chi connectivity index (χ2v) is 6.35. The van der Waals surface area contributed by atoms with Crippen LogP contribution in [-0.4, -0.2) is 37.0 Å². The third-order valence-corrected chi connectivity index (χ3v) is 4.47. The summed E-state index contributed by atoms with van der Waals surface area (Å²) in [7, 11) is 1.97. The normalized spacial score (nSPS) is 19.1. The number of hydrogen-bond donors (Lipinski definition) is 1. The predicted octanol–water partition coefficient (Wildman–Crippen LogP) is 2.98. The van der Waals surface area contributed by atoms with Crippen molar-refractivity contribution in [2.75, 3.05) is 20.1 Å². The SMILES string of the molecule is CNCCC1CCCCN1C(=O)Cc1ccc(Br)cc1. The van der Waals surface area contributed by atoms with Gasteiger partial charge in [0, 0.05) is 17.1 Å². The van der Waals surface area contributed by atoms with Crippen LogP contribution in [0.25, 0.3) is 0 Å². The molecular formula is C16H23BrN2O. The summed E-state index contributed by atoms with van der Waals surface area (Å²) in [5.74, 6) is 0.271. The molecule has 1 saturated heterocycles. The van der Waals surface area contributed by atoms with Gasteiger partial charge in [-0.05, 0) is 57.0 Å². The maximum Gasteiger partial charge on any atom is 0.227 e. The molecule has 1 amide bonds. The summed E-state index contributed by atoms with van der Waals surface area (Å²) < 4.78 is 1.05. The molecule has 1 heterocycles. The first-order valence-corrected chi connectivity index (χ1v) is 8.18. The zero-order valence-electron chi connectivity index (χ0n) is 12.1. The highest BCUT2D eigenvalue weighted by Gasteiger charge is 2.25. The molecule has 0 aliphatic carbocycles. The number of halogens is 1. The summed E-state index contributed by atoms with van der Waals surface area (Å²) in [4.78, 5) is 14.6. The van der Waals surface area contributed by atoms with Gasteiger partial charge in [-0.1, -0.05) is 28.1 Å². The van der Waals surface area contributed by atoms with Crippen molar-refractivity contribution in [2.45, 2.75) is 38.1 Å². The minimum Gasteiger partial charge on any atom is -0.339 e. The van der Waals surface area contributed by atoms with Crippen LogP contribution in [0.15, 0.2) is 28.7 Å². The minimum absolute atomic E-state index is 0.271. The minimum atomic E-state index is 0.271. The lowest BCUT2D eigenvalue weighted by Gasteiger charge is -2.36. The number of amides is 1. The van der Waals surface area contributed by atoms with E-state index in [0.29, 0.717) is 12.5 Å². The van der Waals surface area contributed by atoms with Gasteiger partial charge in [0.05, 0.1) is 6.42 Å². The third kappa shape index (κ3) is 4.32. The molecule has 1 aliphatic rings. The average molecular weight is 339 g/mol. The third-order valence-electron chi connectivity index (χ3n) is 3.94. The Balaban J connectivity index is 1.96. The van der Waals surface area contributed by atoms with Crippen LogP contribution < -0.4 is 5.32 Å². The molecule has 0 bridgehead atoms. The van der Waals surface area contributed by atoms with Crippen LogP contribution in [0.2, 0.25) is 0 Å². The summed E-state index contributed by atoms with van der Waals surface area (Å²) in [5.41, 5.74) is 1.09. The van der Waals surface area contributed by atoms with Crippen molar-refractivity contribution in [3.8, 4) is 0 Å². The highest BCUT2D eigenvalue weighted by Crippen LogP contribution is 2.21. The number of benzene rings is 1. The van der Waals surface area contributed by atoms with Gasteiger partial charge in [-0.15, -0.1) is 0 Å². The van der Waals surface area contributed by atoms with Crippen LogP contribution >= 0.6 is 15.9 Å². The highest BCUT2D eigenvalue weighted by atomic mass is 79.9. The van der Waals surface area contributed by atoms with Crippen molar-refractivity contribution in [1.82, 2.24) is 10.2 Å². The fraction of sp³-hybridized carbons (Fsp3) is 0.562. The largest absolute Gasteiger partial charge is 0.339 e. The van der Waals surface area contributed by atoms with Crippen LogP contribution in [-0.2, 0) is 11.2 Å². The van der Waals surface area contributed by atoms with E-state index in [9.17, 15) is 4.79 Å². The Morgan fingerprint density at radius 3 is 2.80 bits per heavy atom. The van der Waals surface area contributed by atoms with E-state index in [0.717, 1.165) is 42.4 Å². The van der Waals surface area contributed by atoms with Crippen molar-refractivity contribution in [3.05, 3.63) is 34.3 Å². The number of carbonyl (C=O) groups is 1. The van der Waals surface area contributed by atoms with E-state index in [4.69, 9.17) is 0 Å². The monoisotopic (exact) mass is 338 g/mol. The van der Waals surface area contributed by atoms with Gasteiger partial charge in [-0.3, -0.25) is 4.79 Å². The van der Waals surface area contributed by atoms with Gasteiger partial charge in [0.25, 0.3) is 0 Å². The molecule has 1 aromatic carbocycles. The van der Waals surface area contributed by atoms with Gasteiger partial charge in [0.15, 0.2) is 0 Å². The van der Waals surface area contributed by atoms with Crippen molar-refractivity contribution >= 4 is 21.8 Å². The molecule has 3 nitrogen and oxygen atoms in total. The summed E-state index contributed by atoms with van der Waals surface area (Å²) >= 11 is 3.42. The summed E-state index contributed by atoms with van der Waals surface area (Å²) in [6, 6.07) is 8.46. The first-order chi connectivity index (χ1) is 9.70. The second kappa shape index (κ2) is 7.79. The summed E-state index contributed by atoms with van der Waals surface area (Å²) in [6.45, 7) is 1.90. The van der Waals surface area contributed by atoms with Crippen LogP contribution in [0.4, 0.5) is 0 Å². The number of hydrogen-bond acceptors (Lipinski definition) is 2. The molecule has 20 heavy (non-hydrogen) atoms. The van der Waals surface area contributed by atoms with Crippen molar-refractivity contribution in [1.29, 1.82) is 0 Å². The Bertz CT molecular complexity index is 433. The number of nitrogens with one attached hydrogen (secondary N) is 1. The Morgan fingerprint density at radius 1 is 1.35 bits per heavy atom. The molecule has 1 N–H and O–H groups in total. The van der Waals surface area contributed by atoms with Gasteiger partial charge in [-0.25, -0.2) is 0 Å². The maximum absolute atomic E-state index is 12.5. The molecule has 1 unspecified atom stereocenters. The number of rotatable bonds is 5. The highest BCUT2D eigenvalue weighted by molar-refractivity contribution is 9.10. The number of likely N-dealkylation sites (tertiary alicyclic amines) is 1. The van der Waals surface area contributed by atoms with Crippen LogP contribution in [0.3, 0.4) is 0 Å². The second-order valence-electron chi connectivity index (χ2n) is 5.43. The molecule has 0 spiro atoms. The topological polar surface area (TPSA) is 32.3 Å². The van der Waals surface area contributed by atoms with E-state index in [1.54, 1.807) is 0 Å². The molecule has 110 valence electrons. The van der Waals surface area contributed by atoms with Gasteiger partial charge in [0.2, 0.25) is 5.91 Å². The van der Waals surface area contributed by atoms with E-state index in [1.165, 1.54) is 6.42 Å². The van der Waals surface area contributed by atoms with E-state index >= 15 is 0 Å². The molecule has 0 saturated carbocycles. The Morgan fingerprint density at radius 2 is 2.10 bits per heavy atom. The fourth-order valence-corrected chi connectivity index (χ4v) is 3.08. The fourth-order valence-electron chi connectivity index (χ4n) is 2.82. The molecule has 1 aromatic rings. The zero-order valence-corrected chi connectivity index (χ0v) is 13.7. The maximum atomic E-state index is 12.5. The predicted molar refractivity (Wildman–Crippen MR) is 85.7 cm³/mol. The quantitative estimate of drug-likeness (QED) is 0.895. The first-order valence-electron chi connectivity index (χ1n) is 7.39. The lowest BCUT2D eigenvalue weighted by molar-refractivity contribution is -0.134. The van der Waals surface area contributed by atoms with Crippen LogP contribution in [0.1, 0.15) is 31.2 Å². The molecule has 1 atom stereocenters. The Kier molecular flexibility index (Phi) is 6.05. The lowest BCUT2D eigenvalue weighted by Crippen LogP contribution is -2.45. The smallest absolute Gasteiger partial charge is 0.227 e. The molecular weight excluding hydrogens is 316 g/mol. The van der Waals surface area contributed by atoms with Gasteiger partial charge >= 0.3 is 0 Å². The molecule has 0 radical (unpaired) electrons. The van der Waals surface area contributed by atoms with Crippen molar-refractivity contribution < 1.29 is 4.79 Å². The van der Waals surface area contributed by atoms with E-state index in [2.05, 4.69) is 26.1 Å². The molecule has 0 aromatic heterocycles. The molecule has 1 fully saturated rings. The van der Waals surface area contributed by atoms with Crippen LogP contribution in [0, 0.1) is 0 Å². The molecule has 4 heteroatoms. The lowest BCUT2D eigenvalue weighted by atomic mass is 9.98. The first kappa shape index (κ1) is 15.5. The van der Waals surface area contributed by atoms with E-state index < -0.39 is 0 Å². The number of carbonyl (C=O) groups excluding carboxylic acids is 1. The van der Waals surface area contributed by atoms with Gasteiger partial charge in [-0.2, -0.15) is 0 Å². The number of nitrogens with zero attached hydrogens (tertiary/aromatic N) is 1. The van der Waals surface area contributed by atoms with Gasteiger partial charge in [0.1, 0.15) is 0 Å². The Hall–Kier alpha value is -0.870. The molecule has 2 rings (SSSR count). The van der Waals surface area contributed by atoms with E-state index in [-0.39, 0.29) is 5.91 Å². The molecule has 1 aliphatic heterocycles. The van der Waals surface area contributed by atoms with Crippen molar-refractivity contribution in [2.24, 2.45) is 0 Å².